The lowest BCUT2D eigenvalue weighted by molar-refractivity contribution is -0.141. The fourth-order valence-corrected chi connectivity index (χ4v) is 1.34. The molecule has 0 radical (unpaired) electrons. The molecule has 0 bridgehead atoms. The van der Waals surface area contributed by atoms with Gasteiger partial charge in [-0.3, -0.25) is 4.79 Å². The molecule has 0 aromatic heterocycles. The van der Waals surface area contributed by atoms with Crippen molar-refractivity contribution in [3.05, 3.63) is 35.6 Å². The Morgan fingerprint density at radius 1 is 1.50 bits per heavy atom. The molecule has 0 unspecified atom stereocenters. The summed E-state index contributed by atoms with van der Waals surface area (Å²) >= 11 is 0. The zero-order chi connectivity index (χ0) is 10.6. The molecule has 3 heteroatoms. The monoisotopic (exact) mass is 196 g/mol. The summed E-state index contributed by atoms with van der Waals surface area (Å²) in [6.45, 7) is 1.79. The van der Waals surface area contributed by atoms with Crippen LogP contribution in [0.4, 0.5) is 4.39 Å². The number of hydrogen-bond acceptors (Lipinski definition) is 1. The van der Waals surface area contributed by atoms with E-state index >= 15 is 0 Å². The van der Waals surface area contributed by atoms with Gasteiger partial charge in [0.25, 0.3) is 0 Å². The molecule has 0 heterocycles. The second-order valence-electron chi connectivity index (χ2n) is 3.24. The third-order valence-electron chi connectivity index (χ3n) is 2.27. The van der Waals surface area contributed by atoms with E-state index in [0.29, 0.717) is 12.0 Å². The van der Waals surface area contributed by atoms with Crippen molar-refractivity contribution in [2.24, 2.45) is 5.92 Å². The predicted octanol–water partition coefficient (Wildman–Crippen LogP) is 2.48. The van der Waals surface area contributed by atoms with Gasteiger partial charge < -0.3 is 5.11 Å². The molecule has 1 aromatic carbocycles. The number of carbonyl (C=O) groups is 1. The number of carboxylic acids is 1. The van der Waals surface area contributed by atoms with Crippen molar-refractivity contribution in [3.63, 3.8) is 0 Å². The lowest BCUT2D eigenvalue weighted by Crippen LogP contribution is -2.15. The van der Waals surface area contributed by atoms with Crippen LogP contribution >= 0.6 is 0 Å². The molecule has 0 saturated heterocycles. The van der Waals surface area contributed by atoms with Gasteiger partial charge in [-0.15, -0.1) is 0 Å². The maximum Gasteiger partial charge on any atom is 0.306 e. The lowest BCUT2D eigenvalue weighted by atomic mass is 9.97. The van der Waals surface area contributed by atoms with Gasteiger partial charge in [-0.05, 0) is 24.5 Å². The van der Waals surface area contributed by atoms with Gasteiger partial charge in [0.2, 0.25) is 0 Å². The summed E-state index contributed by atoms with van der Waals surface area (Å²) in [5.41, 5.74) is 0.474. The molecule has 1 rings (SSSR count). The van der Waals surface area contributed by atoms with Crippen molar-refractivity contribution < 1.29 is 14.3 Å². The molecule has 0 aliphatic heterocycles. The Morgan fingerprint density at radius 3 is 2.64 bits per heavy atom. The average Bonchev–Trinajstić information content (AvgIpc) is 2.16. The van der Waals surface area contributed by atoms with Crippen molar-refractivity contribution in [1.29, 1.82) is 0 Å². The molecular formula is C11H13FO2. The Balaban J connectivity index is 2.77. The Kier molecular flexibility index (Phi) is 3.63. The molecule has 0 spiro atoms. The van der Waals surface area contributed by atoms with Crippen LogP contribution in [-0.2, 0) is 11.2 Å². The third kappa shape index (κ3) is 2.55. The van der Waals surface area contributed by atoms with Gasteiger partial charge >= 0.3 is 5.97 Å². The van der Waals surface area contributed by atoms with Crippen LogP contribution in [0.1, 0.15) is 18.9 Å². The number of aliphatic carboxylic acids is 1. The Morgan fingerprint density at radius 2 is 2.14 bits per heavy atom. The molecule has 0 amide bonds. The Labute approximate surface area is 82.4 Å². The van der Waals surface area contributed by atoms with E-state index in [1.54, 1.807) is 25.1 Å². The van der Waals surface area contributed by atoms with E-state index in [2.05, 4.69) is 0 Å². The smallest absolute Gasteiger partial charge is 0.306 e. The van der Waals surface area contributed by atoms with Crippen LogP contribution in [-0.4, -0.2) is 11.1 Å². The first-order chi connectivity index (χ1) is 6.65. The topological polar surface area (TPSA) is 37.3 Å². The molecule has 14 heavy (non-hydrogen) atoms. The van der Waals surface area contributed by atoms with Crippen molar-refractivity contribution in [2.45, 2.75) is 19.8 Å². The van der Waals surface area contributed by atoms with Gasteiger partial charge in [-0.25, -0.2) is 4.39 Å². The van der Waals surface area contributed by atoms with E-state index in [0.717, 1.165) is 0 Å². The van der Waals surface area contributed by atoms with Crippen LogP contribution in [0.25, 0.3) is 0 Å². The first kappa shape index (κ1) is 10.7. The minimum Gasteiger partial charge on any atom is -0.481 e. The Bertz CT molecular complexity index is 323. The molecule has 0 fully saturated rings. The Hall–Kier alpha value is -1.38. The van der Waals surface area contributed by atoms with Crippen molar-refractivity contribution in [3.8, 4) is 0 Å². The summed E-state index contributed by atoms with van der Waals surface area (Å²) in [6.07, 6.45) is 0.780. The minimum absolute atomic E-state index is 0.262. The van der Waals surface area contributed by atoms with Gasteiger partial charge in [-0.2, -0.15) is 0 Å². The van der Waals surface area contributed by atoms with Crippen molar-refractivity contribution in [1.82, 2.24) is 0 Å². The zero-order valence-electron chi connectivity index (χ0n) is 8.03. The first-order valence-electron chi connectivity index (χ1n) is 4.61. The maximum atomic E-state index is 13.2. The number of rotatable bonds is 4. The predicted molar refractivity (Wildman–Crippen MR) is 51.5 cm³/mol. The molecular weight excluding hydrogens is 183 g/mol. The molecule has 2 nitrogen and oxygen atoms in total. The van der Waals surface area contributed by atoms with Crippen LogP contribution in [0, 0.1) is 11.7 Å². The van der Waals surface area contributed by atoms with Crippen LogP contribution < -0.4 is 0 Å². The van der Waals surface area contributed by atoms with Crippen LogP contribution in [0.2, 0.25) is 0 Å². The summed E-state index contributed by atoms with van der Waals surface area (Å²) in [6, 6.07) is 6.29. The van der Waals surface area contributed by atoms with Crippen molar-refractivity contribution >= 4 is 5.97 Å². The summed E-state index contributed by atoms with van der Waals surface area (Å²) in [4.78, 5) is 10.7. The van der Waals surface area contributed by atoms with Crippen LogP contribution in [0.5, 0.6) is 0 Å². The maximum absolute atomic E-state index is 13.2. The molecule has 76 valence electrons. The fourth-order valence-electron chi connectivity index (χ4n) is 1.34. The molecule has 1 aromatic rings. The first-order valence-corrected chi connectivity index (χ1v) is 4.61. The van der Waals surface area contributed by atoms with E-state index in [1.165, 1.54) is 6.07 Å². The molecule has 0 saturated carbocycles. The normalized spacial score (nSPS) is 12.4. The number of hydrogen-bond donors (Lipinski definition) is 1. The second kappa shape index (κ2) is 4.74. The van der Waals surface area contributed by atoms with E-state index in [-0.39, 0.29) is 12.2 Å². The molecule has 0 aliphatic carbocycles. The SMILES string of the molecule is CC[C@H](Cc1ccccc1F)C(=O)O. The number of carboxylic acid groups (broad SMARTS) is 1. The summed E-state index contributed by atoms with van der Waals surface area (Å²) in [5, 5.41) is 8.80. The van der Waals surface area contributed by atoms with E-state index in [4.69, 9.17) is 5.11 Å². The molecule has 1 N–H and O–H groups in total. The average molecular weight is 196 g/mol. The van der Waals surface area contributed by atoms with E-state index < -0.39 is 11.9 Å². The quantitative estimate of drug-likeness (QED) is 0.803. The number of halogens is 1. The number of benzene rings is 1. The zero-order valence-corrected chi connectivity index (χ0v) is 8.03. The standard InChI is InChI=1S/C11H13FO2/c1-2-8(11(13)14)7-9-5-3-4-6-10(9)12/h3-6,8H,2,7H2,1H3,(H,13,14)/t8-/m1/s1. The van der Waals surface area contributed by atoms with Crippen molar-refractivity contribution in [2.75, 3.05) is 0 Å². The van der Waals surface area contributed by atoms with E-state index in [1.807, 2.05) is 0 Å². The van der Waals surface area contributed by atoms with Gasteiger partial charge in [0.1, 0.15) is 5.82 Å². The highest BCUT2D eigenvalue weighted by Gasteiger charge is 2.16. The fraction of sp³-hybridized carbons (Fsp3) is 0.364. The highest BCUT2D eigenvalue weighted by Crippen LogP contribution is 2.15. The van der Waals surface area contributed by atoms with Gasteiger partial charge in [0.15, 0.2) is 0 Å². The largest absolute Gasteiger partial charge is 0.481 e. The summed E-state index contributed by atoms with van der Waals surface area (Å²) in [7, 11) is 0. The van der Waals surface area contributed by atoms with E-state index in [9.17, 15) is 9.18 Å². The van der Waals surface area contributed by atoms with Crippen LogP contribution in [0.3, 0.4) is 0 Å². The van der Waals surface area contributed by atoms with Gasteiger partial charge in [0, 0.05) is 0 Å². The highest BCUT2D eigenvalue weighted by molar-refractivity contribution is 5.70. The van der Waals surface area contributed by atoms with Gasteiger partial charge in [0.05, 0.1) is 5.92 Å². The third-order valence-corrected chi connectivity index (χ3v) is 2.27. The summed E-state index contributed by atoms with van der Waals surface area (Å²) in [5.74, 6) is -1.69. The lowest BCUT2D eigenvalue weighted by Gasteiger charge is -2.09. The van der Waals surface area contributed by atoms with Gasteiger partial charge in [-0.1, -0.05) is 25.1 Å². The second-order valence-corrected chi connectivity index (χ2v) is 3.24. The highest BCUT2D eigenvalue weighted by atomic mass is 19.1. The molecule has 0 aliphatic rings. The minimum atomic E-state index is -0.865. The summed E-state index contributed by atoms with van der Waals surface area (Å²) < 4.78 is 13.2. The van der Waals surface area contributed by atoms with Crippen LogP contribution in [0.15, 0.2) is 24.3 Å². The molecule has 1 atom stereocenters.